The van der Waals surface area contributed by atoms with Crippen LogP contribution in [0.25, 0.3) is 0 Å². The van der Waals surface area contributed by atoms with E-state index in [1.807, 2.05) is 0 Å². The zero-order valence-electron chi connectivity index (χ0n) is 12.4. The van der Waals surface area contributed by atoms with Crippen LogP contribution in [-0.2, 0) is 0 Å². The van der Waals surface area contributed by atoms with Gasteiger partial charge in [0.25, 0.3) is 0 Å². The lowest BCUT2D eigenvalue weighted by Crippen LogP contribution is -2.56. The van der Waals surface area contributed by atoms with Gasteiger partial charge in [0.05, 0.1) is 5.92 Å². The number of likely N-dealkylation sites (N-methyl/N-ethyl adjacent to an activating group) is 2. The first kappa shape index (κ1) is 16.0. The molecule has 20 heavy (non-hydrogen) atoms. The summed E-state index contributed by atoms with van der Waals surface area (Å²) in [6.07, 6.45) is -1.52. The van der Waals surface area contributed by atoms with E-state index in [1.54, 1.807) is 0 Å². The van der Waals surface area contributed by atoms with Crippen molar-refractivity contribution in [2.24, 2.45) is 5.92 Å². The summed E-state index contributed by atoms with van der Waals surface area (Å²) in [5, 5.41) is 3.21. The third-order valence-corrected chi connectivity index (χ3v) is 4.78. The molecule has 0 aromatic heterocycles. The minimum atomic E-state index is -4.06. The Kier molecular flexibility index (Phi) is 5.31. The summed E-state index contributed by atoms with van der Waals surface area (Å²) in [4.78, 5) is 4.49. The fourth-order valence-electron chi connectivity index (χ4n) is 3.38. The molecular formula is C14H26F3N3. The fraction of sp³-hybridized carbons (Fsp3) is 1.00. The van der Waals surface area contributed by atoms with Gasteiger partial charge in [0, 0.05) is 38.3 Å². The van der Waals surface area contributed by atoms with Crippen LogP contribution in [0.4, 0.5) is 13.2 Å². The molecule has 6 heteroatoms. The van der Waals surface area contributed by atoms with Gasteiger partial charge in [0.15, 0.2) is 0 Å². The number of nitrogens with one attached hydrogen (secondary N) is 1. The van der Waals surface area contributed by atoms with E-state index in [9.17, 15) is 13.2 Å². The van der Waals surface area contributed by atoms with Gasteiger partial charge in [-0.1, -0.05) is 12.8 Å². The topological polar surface area (TPSA) is 18.5 Å². The fourth-order valence-corrected chi connectivity index (χ4v) is 3.38. The maximum atomic E-state index is 13.0. The van der Waals surface area contributed by atoms with Gasteiger partial charge in [-0.15, -0.1) is 0 Å². The lowest BCUT2D eigenvalue weighted by molar-refractivity contribution is -0.189. The van der Waals surface area contributed by atoms with Crippen molar-refractivity contribution >= 4 is 0 Å². The second kappa shape index (κ2) is 6.62. The Morgan fingerprint density at radius 1 is 1.10 bits per heavy atom. The number of piperazine rings is 1. The van der Waals surface area contributed by atoms with Crippen LogP contribution in [0.2, 0.25) is 0 Å². The summed E-state index contributed by atoms with van der Waals surface area (Å²) in [5.41, 5.74) is 0. The summed E-state index contributed by atoms with van der Waals surface area (Å²) in [6.45, 7) is 3.59. The Hall–Kier alpha value is -0.330. The smallest absolute Gasteiger partial charge is 0.312 e. The summed E-state index contributed by atoms with van der Waals surface area (Å²) >= 11 is 0. The molecule has 2 aliphatic rings. The van der Waals surface area contributed by atoms with Gasteiger partial charge in [-0.3, -0.25) is 4.90 Å². The highest BCUT2D eigenvalue weighted by molar-refractivity contribution is 4.88. The Morgan fingerprint density at radius 2 is 1.80 bits per heavy atom. The first-order chi connectivity index (χ1) is 9.38. The van der Waals surface area contributed by atoms with Crippen molar-refractivity contribution in [3.05, 3.63) is 0 Å². The van der Waals surface area contributed by atoms with Gasteiger partial charge in [0.1, 0.15) is 0 Å². The highest BCUT2D eigenvalue weighted by Crippen LogP contribution is 2.37. The average molecular weight is 293 g/mol. The molecular weight excluding hydrogens is 267 g/mol. The lowest BCUT2D eigenvalue weighted by Gasteiger charge is -2.40. The third-order valence-electron chi connectivity index (χ3n) is 4.78. The molecule has 3 unspecified atom stereocenters. The highest BCUT2D eigenvalue weighted by atomic mass is 19.4. The van der Waals surface area contributed by atoms with Crippen molar-refractivity contribution in [3.8, 4) is 0 Å². The monoisotopic (exact) mass is 293 g/mol. The number of hydrogen-bond donors (Lipinski definition) is 1. The van der Waals surface area contributed by atoms with Gasteiger partial charge >= 0.3 is 6.18 Å². The zero-order chi connectivity index (χ0) is 14.8. The Bertz CT molecular complexity index is 309. The number of hydrogen-bond acceptors (Lipinski definition) is 3. The molecule has 118 valence electrons. The van der Waals surface area contributed by atoms with Crippen molar-refractivity contribution in [2.75, 3.05) is 40.3 Å². The molecule has 1 heterocycles. The maximum Gasteiger partial charge on any atom is 0.393 e. The van der Waals surface area contributed by atoms with Crippen LogP contribution in [0.1, 0.15) is 25.7 Å². The molecule has 1 aliphatic carbocycles. The normalized spacial score (nSPS) is 34.4. The average Bonchev–Trinajstić information content (AvgIpc) is 2.39. The van der Waals surface area contributed by atoms with Crippen LogP contribution < -0.4 is 5.32 Å². The maximum absolute atomic E-state index is 13.0. The van der Waals surface area contributed by atoms with Crippen molar-refractivity contribution < 1.29 is 13.2 Å². The molecule has 3 atom stereocenters. The summed E-state index contributed by atoms with van der Waals surface area (Å²) < 4.78 is 39.1. The summed E-state index contributed by atoms with van der Waals surface area (Å²) in [6, 6.07) is -0.0889. The van der Waals surface area contributed by atoms with E-state index < -0.39 is 18.1 Å². The SMILES string of the molecule is CN1CCN(C)C(CNC2CCCCC2C(F)(F)F)C1. The minimum Gasteiger partial charge on any atom is -0.312 e. The first-order valence-corrected chi connectivity index (χ1v) is 7.57. The first-order valence-electron chi connectivity index (χ1n) is 7.57. The predicted octanol–water partition coefficient (Wildman–Crippen LogP) is 1.94. The molecule has 0 amide bonds. The molecule has 0 aromatic carbocycles. The number of nitrogens with zero attached hydrogens (tertiary/aromatic N) is 2. The van der Waals surface area contributed by atoms with Gasteiger partial charge < -0.3 is 10.2 Å². The van der Waals surface area contributed by atoms with E-state index in [0.717, 1.165) is 26.1 Å². The molecule has 2 fully saturated rings. The predicted molar refractivity (Wildman–Crippen MR) is 73.7 cm³/mol. The Labute approximate surface area is 119 Å². The largest absolute Gasteiger partial charge is 0.393 e. The molecule has 0 bridgehead atoms. The van der Waals surface area contributed by atoms with Gasteiger partial charge in [-0.05, 0) is 26.9 Å². The van der Waals surface area contributed by atoms with E-state index in [1.165, 1.54) is 0 Å². The second-order valence-electron chi connectivity index (χ2n) is 6.34. The van der Waals surface area contributed by atoms with E-state index in [-0.39, 0.29) is 6.42 Å². The number of halogens is 3. The highest BCUT2D eigenvalue weighted by Gasteiger charge is 2.45. The lowest BCUT2D eigenvalue weighted by atomic mass is 9.84. The molecule has 1 saturated heterocycles. The molecule has 1 N–H and O–H groups in total. The molecule has 2 rings (SSSR count). The van der Waals surface area contributed by atoms with E-state index in [0.29, 0.717) is 25.4 Å². The molecule has 1 saturated carbocycles. The number of rotatable bonds is 3. The van der Waals surface area contributed by atoms with Crippen molar-refractivity contribution in [1.82, 2.24) is 15.1 Å². The van der Waals surface area contributed by atoms with Gasteiger partial charge in [-0.2, -0.15) is 13.2 Å². The molecule has 0 radical (unpaired) electrons. The molecule has 1 aliphatic heterocycles. The number of alkyl halides is 3. The van der Waals surface area contributed by atoms with Crippen LogP contribution in [0.15, 0.2) is 0 Å². The standard InChI is InChI=1S/C14H26F3N3/c1-19-7-8-20(2)11(10-19)9-18-13-6-4-3-5-12(13)14(15,16)17/h11-13,18H,3-10H2,1-2H3. The van der Waals surface area contributed by atoms with Crippen molar-refractivity contribution in [2.45, 2.75) is 43.9 Å². The molecule has 3 nitrogen and oxygen atoms in total. The van der Waals surface area contributed by atoms with Gasteiger partial charge in [-0.25, -0.2) is 0 Å². The molecule has 0 aromatic rings. The van der Waals surface area contributed by atoms with Crippen molar-refractivity contribution in [1.29, 1.82) is 0 Å². The summed E-state index contributed by atoms with van der Waals surface area (Å²) in [5.74, 6) is -1.16. The van der Waals surface area contributed by atoms with Crippen LogP contribution >= 0.6 is 0 Å². The quantitative estimate of drug-likeness (QED) is 0.858. The van der Waals surface area contributed by atoms with E-state index >= 15 is 0 Å². The van der Waals surface area contributed by atoms with E-state index in [4.69, 9.17) is 0 Å². The third kappa shape index (κ3) is 4.09. The minimum absolute atomic E-state index is 0.279. The Balaban J connectivity index is 1.87. The zero-order valence-corrected chi connectivity index (χ0v) is 12.4. The van der Waals surface area contributed by atoms with E-state index in [2.05, 4.69) is 29.2 Å². The van der Waals surface area contributed by atoms with Gasteiger partial charge in [0.2, 0.25) is 0 Å². The summed E-state index contributed by atoms with van der Waals surface area (Å²) in [7, 11) is 4.13. The van der Waals surface area contributed by atoms with Crippen LogP contribution in [-0.4, -0.2) is 68.3 Å². The second-order valence-corrected chi connectivity index (χ2v) is 6.34. The van der Waals surface area contributed by atoms with Crippen LogP contribution in [0.5, 0.6) is 0 Å². The Morgan fingerprint density at radius 3 is 2.50 bits per heavy atom. The van der Waals surface area contributed by atoms with Crippen LogP contribution in [0.3, 0.4) is 0 Å². The van der Waals surface area contributed by atoms with Crippen molar-refractivity contribution in [3.63, 3.8) is 0 Å². The molecule has 0 spiro atoms. The van der Waals surface area contributed by atoms with Crippen LogP contribution in [0, 0.1) is 5.92 Å².